The Hall–Kier alpha value is -8.81. The number of rotatable bonds is 59. The highest BCUT2D eigenvalue weighted by atomic mass is 31.2. The molecule has 2 aromatic rings. The molecule has 0 spiro atoms. The third-order valence-electron chi connectivity index (χ3n) is 23.4. The lowest BCUT2D eigenvalue weighted by molar-refractivity contribution is -0.284. The molecule has 7 rings (SSSR count). The SMILES string of the molecule is CC(=O)N[C@H]1C(OCCOCCNC(=O)c2cc(CC(=O)CNC(=O)CCC(NC(=O)CCC(=O)N3C[C@](C)(COP(=O)(O)O)[C@](C)(CO)C3)C(=O)NCCNc3cc(C(=O)NCCOCCOC4O[C@H](CO)[C@H](O)[C@H](O)[C@H]4NC(C)=O)cc(C(=O)NCCOCCOC4O[C@H](CO)[C@H](O)[C@H](O)[C@H]4NC(C)=O)c3)cc(C(=O)NCCOCCOC3O[C@H](CO)[C@H](O)[C@H](O)[C@H]3C)c2)O[C@H](CO)[C@H](O)[C@@H]1O. The van der Waals surface area contributed by atoms with E-state index in [9.17, 15) is 138 Å². The van der Waals surface area contributed by atoms with Gasteiger partial charge in [-0.05, 0) is 48.4 Å². The highest BCUT2D eigenvalue weighted by Crippen LogP contribution is 2.49. The summed E-state index contributed by atoms with van der Waals surface area (Å²) in [5.41, 5.74) is -2.45. The van der Waals surface area contributed by atoms with Crippen molar-refractivity contribution in [2.45, 2.75) is 196 Å². The minimum Gasteiger partial charge on any atom is -0.396 e. The first kappa shape index (κ1) is 117. The first-order valence-electron chi connectivity index (χ1n) is 45.2. The summed E-state index contributed by atoms with van der Waals surface area (Å²) in [4.78, 5) is 181. The molecule has 5 fully saturated rings. The molecule has 0 saturated carbocycles. The number of carbonyl (C=O) groups excluding carboxylic acids is 12. The lowest BCUT2D eigenvalue weighted by Gasteiger charge is -2.42. The highest BCUT2D eigenvalue weighted by molar-refractivity contribution is 7.46. The zero-order valence-corrected chi connectivity index (χ0v) is 78.8. The molecular weight excluding hydrogens is 1880 g/mol. The highest BCUT2D eigenvalue weighted by Gasteiger charge is 2.55. The average Bonchev–Trinajstić information content (AvgIpc) is 1.61. The summed E-state index contributed by atoms with van der Waals surface area (Å²) in [6.07, 6.45) is -24.3. The van der Waals surface area contributed by atoms with Crippen molar-refractivity contribution in [1.29, 1.82) is 0 Å². The molecule has 0 aromatic heterocycles. The van der Waals surface area contributed by atoms with E-state index in [4.69, 9.17) is 61.4 Å². The van der Waals surface area contributed by atoms with E-state index in [0.29, 0.717) is 0 Å². The van der Waals surface area contributed by atoms with E-state index in [1.807, 2.05) is 0 Å². The van der Waals surface area contributed by atoms with Gasteiger partial charge in [0.05, 0.1) is 132 Å². The maximum Gasteiger partial charge on any atom is 0.469 e. The number of hydrogen-bond acceptors (Lipinski definition) is 40. The average molecular weight is 2010 g/mol. The fraction of sp³-hybridized carbons (Fsp3) is 0.718. The number of likely N-dealkylation sites (tertiary alicyclic amines) is 1. The summed E-state index contributed by atoms with van der Waals surface area (Å²) in [5, 5.41) is 161. The minimum atomic E-state index is -5.01. The quantitative estimate of drug-likeness (QED) is 0.0216. The van der Waals surface area contributed by atoms with Gasteiger partial charge in [-0.15, -0.1) is 0 Å². The Kier molecular flexibility index (Phi) is 48.9. The molecule has 5 unspecified atom stereocenters. The fourth-order valence-electron chi connectivity index (χ4n) is 15.4. The molecule has 139 heavy (non-hydrogen) atoms. The number of nitrogens with one attached hydrogen (secondary N) is 11. The van der Waals surface area contributed by atoms with E-state index in [1.54, 1.807) is 20.8 Å². The smallest absolute Gasteiger partial charge is 0.396 e. The lowest BCUT2D eigenvalue weighted by atomic mass is 9.69. The number of amides is 11. The summed E-state index contributed by atoms with van der Waals surface area (Å²) in [6, 6.07) is 2.64. The molecule has 5 heterocycles. The number of phosphoric acid groups is 1. The number of nitrogens with zero attached hydrogens (tertiary/aromatic N) is 1. The molecule has 5 aliphatic rings. The van der Waals surface area contributed by atoms with Crippen molar-refractivity contribution in [1.82, 2.24) is 58.1 Å². The van der Waals surface area contributed by atoms with Gasteiger partial charge in [-0.3, -0.25) is 62.1 Å². The van der Waals surface area contributed by atoms with Gasteiger partial charge in [-0.25, -0.2) is 4.57 Å². The second kappa shape index (κ2) is 58.1. The van der Waals surface area contributed by atoms with Gasteiger partial charge in [0.1, 0.15) is 91.3 Å². The Labute approximate surface area is 799 Å². The van der Waals surface area contributed by atoms with E-state index in [0.717, 1.165) is 0 Å². The van der Waals surface area contributed by atoms with E-state index in [2.05, 4.69) is 58.5 Å². The second-order valence-corrected chi connectivity index (χ2v) is 35.4. The van der Waals surface area contributed by atoms with Gasteiger partial charge in [-0.2, -0.15) is 0 Å². The van der Waals surface area contributed by atoms with Crippen LogP contribution in [0, 0.1) is 16.7 Å². The van der Waals surface area contributed by atoms with Crippen LogP contribution in [0.4, 0.5) is 5.69 Å². The molecule has 0 bridgehead atoms. The van der Waals surface area contributed by atoms with Crippen LogP contribution >= 0.6 is 7.82 Å². The Bertz CT molecular complexity index is 4270. The Morgan fingerprint density at radius 3 is 1.19 bits per heavy atom. The van der Waals surface area contributed by atoms with E-state index >= 15 is 0 Å². The number of phosphoric ester groups is 1. The number of hydrogen-bond donors (Lipinski definition) is 26. The summed E-state index contributed by atoms with van der Waals surface area (Å²) in [6.45, 7) is 1.15. The molecule has 786 valence electrons. The van der Waals surface area contributed by atoms with E-state index in [1.165, 1.54) is 62.1 Å². The van der Waals surface area contributed by atoms with E-state index < -0.39 is 296 Å². The van der Waals surface area contributed by atoms with Crippen molar-refractivity contribution in [2.24, 2.45) is 16.7 Å². The number of carbonyl (C=O) groups is 12. The number of aliphatic hydroxyl groups excluding tert-OH is 13. The van der Waals surface area contributed by atoms with Gasteiger partial charge >= 0.3 is 7.82 Å². The van der Waals surface area contributed by atoms with E-state index in [-0.39, 0.29) is 165 Å². The zero-order chi connectivity index (χ0) is 102. The maximum absolute atomic E-state index is 14.3. The van der Waals surface area contributed by atoms with Crippen molar-refractivity contribution in [2.75, 3.05) is 183 Å². The lowest BCUT2D eigenvalue weighted by Crippen LogP contribution is -2.64. The van der Waals surface area contributed by atoms with Gasteiger partial charge in [-0.1, -0.05) is 20.8 Å². The summed E-state index contributed by atoms with van der Waals surface area (Å²) >= 11 is 0. The summed E-state index contributed by atoms with van der Waals surface area (Å²) < 4.78 is 84.0. The predicted molar refractivity (Wildman–Crippen MR) is 474 cm³/mol. The number of ether oxygens (including phenoxy) is 12. The van der Waals surface area contributed by atoms with Crippen LogP contribution in [0.25, 0.3) is 0 Å². The topological polar surface area (TPSA) is 781 Å². The first-order chi connectivity index (χ1) is 66.0. The molecule has 26 N–H and O–H groups in total. The second-order valence-electron chi connectivity index (χ2n) is 34.2. The molecule has 2 aromatic carbocycles. The number of Topliss-reactive ketones (excluding diaryl/α,β-unsaturated/α-hetero) is 1. The van der Waals surface area contributed by atoms with Crippen LogP contribution in [-0.2, 0) is 111 Å². The standard InChI is InChI=1S/C85H135N12O41P/c1-45-67(110)68(111)57(37-98)135-80(45)130-25-21-126-17-13-88-75(118)50-29-49(30-51(32-50)76(119)89-14-18-127-22-26-131-81-64(93-46(2)103)72(115)69(112)58(38-99)136-81)31-55(106)36-92-61(107)8-7-56(96-62(108)9-10-63(109)97-41-84(5,43-102)85(6,42-97)44-134-139(123,124)125)79(122)87-12-11-86-54-34-52(77(120)90-15-19-128-23-27-132-82-65(94-47(3)104)73(116)70(113)59(39-100)137-82)33-53(35-54)78(121)91-16-20-129-24-28-133-83-66(95-48(4)105)74(117)71(114)60(40-101)138-83/h29-30,32-35,45,56-60,64-74,80-83,86,98-102,110-117H,7-28,31,36-44H2,1-6H3,(H,87,122)(H,88,118)(H,89,119)(H,90,120)(H,91,121)(H,92,107)(H,93,103)(H,94,104)(H,95,105)(H,96,108)(H2,123,124,125)/t45-,56?,57-,58-,59-,60-,64-,65-,66-,67-,68+,69+,70+,71+,72-,73-,74-,80?,81?,82?,83?,84+,85-/m1/s1. The number of aliphatic hydroxyl groups is 13. The van der Waals surface area contributed by atoms with Crippen LogP contribution in [-0.4, -0.2) is 452 Å². The fourth-order valence-corrected chi connectivity index (χ4v) is 15.8. The molecule has 5 saturated heterocycles. The molecule has 53 nitrogen and oxygen atoms in total. The van der Waals surface area contributed by atoms with Crippen molar-refractivity contribution in [3.63, 3.8) is 0 Å². The monoisotopic (exact) mass is 2010 g/mol. The van der Waals surface area contributed by atoms with Gasteiger partial charge in [0, 0.05) is 144 Å². The van der Waals surface area contributed by atoms with Gasteiger partial charge < -0.3 is 196 Å². The van der Waals surface area contributed by atoms with Crippen LogP contribution in [0.2, 0.25) is 0 Å². The van der Waals surface area contributed by atoms with Crippen LogP contribution < -0.4 is 58.5 Å². The number of benzene rings is 2. The molecule has 5 aliphatic heterocycles. The normalized spacial score (nSPS) is 27.6. The zero-order valence-electron chi connectivity index (χ0n) is 77.9. The molecule has 0 aliphatic carbocycles. The van der Waals surface area contributed by atoms with Crippen LogP contribution in [0.1, 0.15) is 114 Å². The molecule has 0 radical (unpaired) electrons. The van der Waals surface area contributed by atoms with Crippen molar-refractivity contribution < 1.29 is 200 Å². The van der Waals surface area contributed by atoms with Crippen molar-refractivity contribution in [3.05, 3.63) is 64.2 Å². The Morgan fingerprint density at radius 2 is 0.813 bits per heavy atom. The Balaban J connectivity index is 1.01. The van der Waals surface area contributed by atoms with Gasteiger partial charge in [0.25, 0.3) is 23.6 Å². The Morgan fingerprint density at radius 1 is 0.439 bits per heavy atom. The minimum absolute atomic E-state index is 0.0304. The molecular formula is C85H135N12O41P. The third-order valence-corrected chi connectivity index (χ3v) is 23.9. The predicted octanol–water partition coefficient (Wildman–Crippen LogP) is -10.9. The maximum atomic E-state index is 14.3. The largest absolute Gasteiger partial charge is 0.469 e. The third kappa shape index (κ3) is 36.8. The number of anilines is 1. The van der Waals surface area contributed by atoms with Crippen molar-refractivity contribution >= 4 is 84.3 Å². The van der Waals surface area contributed by atoms with Gasteiger partial charge in [0.15, 0.2) is 30.9 Å². The van der Waals surface area contributed by atoms with Crippen LogP contribution in [0.5, 0.6) is 0 Å². The first-order valence-corrected chi connectivity index (χ1v) is 46.7. The van der Waals surface area contributed by atoms with Crippen LogP contribution in [0.15, 0.2) is 36.4 Å². The summed E-state index contributed by atoms with van der Waals surface area (Å²) in [5.74, 6) is -9.18. The summed E-state index contributed by atoms with van der Waals surface area (Å²) in [7, 11) is -5.01. The molecule has 54 heteroatoms. The van der Waals surface area contributed by atoms with Crippen LogP contribution in [0.3, 0.4) is 0 Å². The number of ketones is 1. The molecule has 23 atom stereocenters. The molecule has 11 amide bonds. The van der Waals surface area contributed by atoms with Crippen molar-refractivity contribution in [3.8, 4) is 0 Å². The van der Waals surface area contributed by atoms with Gasteiger partial charge in [0.2, 0.25) is 41.4 Å².